The predicted octanol–water partition coefficient (Wildman–Crippen LogP) is 4.07. The van der Waals surface area contributed by atoms with Gasteiger partial charge in [-0.05, 0) is 47.8 Å². The number of benzene rings is 1. The molecule has 0 aromatic heterocycles. The van der Waals surface area contributed by atoms with Crippen molar-refractivity contribution < 1.29 is 0 Å². The van der Waals surface area contributed by atoms with Crippen LogP contribution in [0.2, 0.25) is 0 Å². The maximum absolute atomic E-state index is 2.36. The molecule has 0 spiro atoms. The second-order valence-corrected chi connectivity index (χ2v) is 5.60. The number of rotatable bonds is 0. The first-order valence-corrected chi connectivity index (χ1v) is 5.58. The van der Waals surface area contributed by atoms with Crippen molar-refractivity contribution in [2.45, 2.75) is 46.5 Å². The van der Waals surface area contributed by atoms with Gasteiger partial charge in [0.25, 0.3) is 0 Å². The molecule has 0 aliphatic heterocycles. The summed E-state index contributed by atoms with van der Waals surface area (Å²) in [4.78, 5) is 0. The highest BCUT2D eigenvalue weighted by atomic mass is 14.4. The zero-order valence-electron chi connectivity index (χ0n) is 9.72. The summed E-state index contributed by atoms with van der Waals surface area (Å²) in [6.45, 7) is 9.31. The summed E-state index contributed by atoms with van der Waals surface area (Å²) in [5.74, 6) is 0.761. The van der Waals surface area contributed by atoms with E-state index in [1.54, 1.807) is 11.1 Å². The van der Waals surface area contributed by atoms with E-state index >= 15 is 0 Å². The predicted molar refractivity (Wildman–Crippen MR) is 61.7 cm³/mol. The van der Waals surface area contributed by atoms with Crippen LogP contribution in [0, 0.1) is 12.3 Å². The number of hydrogen-bond acceptors (Lipinski definition) is 0. The summed E-state index contributed by atoms with van der Waals surface area (Å²) in [5.41, 5.74) is 5.12. The normalized spacial score (nSPS) is 21.0. The zero-order chi connectivity index (χ0) is 10.3. The molecule has 0 saturated carbocycles. The molecule has 0 N–H and O–H groups in total. The van der Waals surface area contributed by atoms with Gasteiger partial charge in [-0.25, -0.2) is 0 Å². The molecular formula is C14H20. The van der Waals surface area contributed by atoms with Crippen LogP contribution in [-0.2, 0) is 6.42 Å². The van der Waals surface area contributed by atoms with Crippen LogP contribution in [0.3, 0.4) is 0 Å². The quantitative estimate of drug-likeness (QED) is 0.575. The van der Waals surface area contributed by atoms with Crippen molar-refractivity contribution in [3.05, 3.63) is 34.9 Å². The minimum absolute atomic E-state index is 0.416. The summed E-state index contributed by atoms with van der Waals surface area (Å²) in [6.07, 6.45) is 2.62. The molecule has 0 radical (unpaired) electrons. The van der Waals surface area contributed by atoms with E-state index in [1.807, 2.05) is 0 Å². The van der Waals surface area contributed by atoms with Crippen LogP contribution in [0.15, 0.2) is 18.2 Å². The third-order valence-corrected chi connectivity index (χ3v) is 3.55. The van der Waals surface area contributed by atoms with Crippen molar-refractivity contribution in [1.29, 1.82) is 0 Å². The molecule has 1 aliphatic carbocycles. The van der Waals surface area contributed by atoms with Crippen LogP contribution < -0.4 is 0 Å². The first-order valence-electron chi connectivity index (χ1n) is 5.58. The molecule has 1 aromatic rings. The molecule has 0 bridgehead atoms. The number of aryl methyl sites for hydroxylation is 1. The molecule has 0 saturated heterocycles. The lowest BCUT2D eigenvalue weighted by atomic mass is 9.77. The lowest BCUT2D eigenvalue weighted by Crippen LogP contribution is -2.15. The van der Waals surface area contributed by atoms with E-state index in [0.717, 1.165) is 5.92 Å². The van der Waals surface area contributed by atoms with Crippen LogP contribution in [-0.4, -0.2) is 0 Å². The minimum atomic E-state index is 0.416. The molecule has 1 unspecified atom stereocenters. The Balaban J connectivity index is 2.45. The van der Waals surface area contributed by atoms with Gasteiger partial charge in [-0.2, -0.15) is 0 Å². The maximum atomic E-state index is 2.36. The molecule has 0 heteroatoms. The monoisotopic (exact) mass is 188 g/mol. The van der Waals surface area contributed by atoms with Crippen molar-refractivity contribution >= 4 is 0 Å². The summed E-state index contributed by atoms with van der Waals surface area (Å²) in [5, 5.41) is 0. The second kappa shape index (κ2) is 3.12. The molecule has 1 atom stereocenters. The highest BCUT2D eigenvalue weighted by molar-refractivity contribution is 5.41. The highest BCUT2D eigenvalue weighted by Gasteiger charge is 2.32. The molecule has 0 amide bonds. The lowest BCUT2D eigenvalue weighted by molar-refractivity contribution is 0.319. The average molecular weight is 188 g/mol. The van der Waals surface area contributed by atoms with Crippen LogP contribution in [0.4, 0.5) is 0 Å². The molecule has 14 heavy (non-hydrogen) atoms. The van der Waals surface area contributed by atoms with E-state index in [2.05, 4.69) is 45.9 Å². The Morgan fingerprint density at radius 3 is 2.57 bits per heavy atom. The van der Waals surface area contributed by atoms with Crippen molar-refractivity contribution in [2.75, 3.05) is 0 Å². The van der Waals surface area contributed by atoms with Gasteiger partial charge in [0.15, 0.2) is 0 Å². The third kappa shape index (κ3) is 1.47. The van der Waals surface area contributed by atoms with Gasteiger partial charge in [0, 0.05) is 0 Å². The fraction of sp³-hybridized carbons (Fsp3) is 0.571. The Labute approximate surface area is 87.3 Å². The first kappa shape index (κ1) is 9.76. The fourth-order valence-corrected chi connectivity index (χ4v) is 2.74. The Morgan fingerprint density at radius 2 is 1.93 bits per heavy atom. The van der Waals surface area contributed by atoms with Crippen LogP contribution >= 0.6 is 0 Å². The van der Waals surface area contributed by atoms with Gasteiger partial charge >= 0.3 is 0 Å². The highest BCUT2D eigenvalue weighted by Crippen LogP contribution is 2.45. The van der Waals surface area contributed by atoms with Crippen LogP contribution in [0.1, 0.15) is 49.8 Å². The molecule has 76 valence electrons. The molecule has 2 rings (SSSR count). The van der Waals surface area contributed by atoms with Gasteiger partial charge < -0.3 is 0 Å². The molecule has 0 nitrogen and oxygen atoms in total. The van der Waals surface area contributed by atoms with E-state index in [-0.39, 0.29) is 0 Å². The van der Waals surface area contributed by atoms with Gasteiger partial charge in [0.05, 0.1) is 0 Å². The maximum Gasteiger partial charge on any atom is -0.0107 e. The van der Waals surface area contributed by atoms with E-state index in [1.165, 1.54) is 18.4 Å². The van der Waals surface area contributed by atoms with Gasteiger partial charge in [-0.3, -0.25) is 0 Å². The topological polar surface area (TPSA) is 0 Å². The summed E-state index contributed by atoms with van der Waals surface area (Å²) in [6, 6.07) is 6.77. The van der Waals surface area contributed by atoms with Gasteiger partial charge in [0.2, 0.25) is 0 Å². The molecule has 1 aliphatic rings. The van der Waals surface area contributed by atoms with E-state index in [4.69, 9.17) is 0 Å². The fourth-order valence-electron chi connectivity index (χ4n) is 2.74. The standard InChI is InChI=1S/C14H20/c1-10-6-5-7-12-11(10)8-9-13(12)14(2,3)4/h5-7,13H,8-9H2,1-4H3. The second-order valence-electron chi connectivity index (χ2n) is 5.60. The van der Waals surface area contributed by atoms with Gasteiger partial charge in [0.1, 0.15) is 0 Å². The Kier molecular flexibility index (Phi) is 2.17. The molecule has 0 fully saturated rings. The van der Waals surface area contributed by atoms with Gasteiger partial charge in [-0.1, -0.05) is 39.0 Å². The largest absolute Gasteiger partial charge is 0.0617 e. The Morgan fingerprint density at radius 1 is 1.21 bits per heavy atom. The zero-order valence-corrected chi connectivity index (χ0v) is 9.72. The van der Waals surface area contributed by atoms with E-state index < -0.39 is 0 Å². The van der Waals surface area contributed by atoms with Crippen LogP contribution in [0.5, 0.6) is 0 Å². The summed E-state index contributed by atoms with van der Waals surface area (Å²) >= 11 is 0. The van der Waals surface area contributed by atoms with E-state index in [9.17, 15) is 0 Å². The molecule has 1 aromatic carbocycles. The first-order chi connectivity index (χ1) is 6.50. The number of fused-ring (bicyclic) bond motifs is 1. The SMILES string of the molecule is Cc1cccc2c1CCC2C(C)(C)C. The molecule has 0 heterocycles. The van der Waals surface area contributed by atoms with Gasteiger partial charge in [-0.15, -0.1) is 0 Å². The smallest absolute Gasteiger partial charge is 0.0107 e. The Bertz CT molecular complexity index is 342. The summed E-state index contributed by atoms with van der Waals surface area (Å²) in [7, 11) is 0. The van der Waals surface area contributed by atoms with Crippen molar-refractivity contribution in [1.82, 2.24) is 0 Å². The van der Waals surface area contributed by atoms with Crippen molar-refractivity contribution in [2.24, 2.45) is 5.41 Å². The minimum Gasteiger partial charge on any atom is -0.0617 e. The lowest BCUT2D eigenvalue weighted by Gasteiger charge is -2.27. The molecular weight excluding hydrogens is 168 g/mol. The van der Waals surface area contributed by atoms with Crippen molar-refractivity contribution in [3.63, 3.8) is 0 Å². The Hall–Kier alpha value is -0.780. The number of hydrogen-bond donors (Lipinski definition) is 0. The average Bonchev–Trinajstić information content (AvgIpc) is 2.47. The van der Waals surface area contributed by atoms with Crippen LogP contribution in [0.25, 0.3) is 0 Å². The van der Waals surface area contributed by atoms with E-state index in [0.29, 0.717) is 5.41 Å². The summed E-state index contributed by atoms with van der Waals surface area (Å²) < 4.78 is 0. The third-order valence-electron chi connectivity index (χ3n) is 3.55. The van der Waals surface area contributed by atoms with Crippen molar-refractivity contribution in [3.8, 4) is 0 Å².